The summed E-state index contributed by atoms with van der Waals surface area (Å²) < 4.78 is 8.18. The van der Waals surface area contributed by atoms with Crippen LogP contribution >= 0.6 is 11.6 Å². The Kier molecular flexibility index (Phi) is 4.97. The Morgan fingerprint density at radius 3 is 2.69 bits per heavy atom. The van der Waals surface area contributed by atoms with Crippen LogP contribution in [0, 0.1) is 0 Å². The minimum absolute atomic E-state index is 0.181. The van der Waals surface area contributed by atoms with Crippen LogP contribution in [0.2, 0.25) is 5.02 Å². The molecule has 3 heterocycles. The quantitative estimate of drug-likeness (QED) is 0.709. The van der Waals surface area contributed by atoms with E-state index in [1.807, 2.05) is 36.4 Å². The first-order valence-electron chi connectivity index (χ1n) is 10.2. The van der Waals surface area contributed by atoms with Gasteiger partial charge >= 0.3 is 0 Å². The summed E-state index contributed by atoms with van der Waals surface area (Å²) in [4.78, 5) is 4.27. The van der Waals surface area contributed by atoms with E-state index in [2.05, 4.69) is 19.7 Å². The standard InChI is InChI=1S/C22H23ClN4O2/c23-16-6-9-19-15(11-16)12-17(28)13-20-25-26-22(27(19)20)14-4-7-18(8-5-14)29-21-3-1-2-10-24-21/h1-3,6,9-11,14,17-18,28H,4-5,7-8,12-13H2. The molecule has 1 fully saturated rings. The highest BCUT2D eigenvalue weighted by Crippen LogP contribution is 2.36. The second-order valence-electron chi connectivity index (χ2n) is 7.90. The van der Waals surface area contributed by atoms with Crippen LogP contribution in [0.15, 0.2) is 42.6 Å². The van der Waals surface area contributed by atoms with Gasteiger partial charge in [-0.05, 0) is 55.5 Å². The van der Waals surface area contributed by atoms with Gasteiger partial charge in [0.2, 0.25) is 5.88 Å². The minimum Gasteiger partial charge on any atom is -0.474 e. The molecule has 2 aliphatic rings. The van der Waals surface area contributed by atoms with Gasteiger partial charge in [-0.3, -0.25) is 4.57 Å². The number of aliphatic hydroxyl groups is 1. The number of aliphatic hydroxyl groups excluding tert-OH is 1. The number of aromatic nitrogens is 4. The van der Waals surface area contributed by atoms with Crippen LogP contribution in [-0.4, -0.2) is 37.1 Å². The average molecular weight is 411 g/mol. The molecule has 1 unspecified atom stereocenters. The van der Waals surface area contributed by atoms with Gasteiger partial charge in [0.1, 0.15) is 17.8 Å². The first-order chi connectivity index (χ1) is 14.2. The van der Waals surface area contributed by atoms with E-state index in [-0.39, 0.29) is 6.10 Å². The Morgan fingerprint density at radius 2 is 1.90 bits per heavy atom. The van der Waals surface area contributed by atoms with Crippen LogP contribution in [0.3, 0.4) is 0 Å². The molecule has 1 aromatic carbocycles. The predicted molar refractivity (Wildman–Crippen MR) is 110 cm³/mol. The van der Waals surface area contributed by atoms with Gasteiger partial charge in [-0.2, -0.15) is 0 Å². The van der Waals surface area contributed by atoms with E-state index < -0.39 is 6.10 Å². The van der Waals surface area contributed by atoms with Crippen molar-refractivity contribution in [1.29, 1.82) is 0 Å². The van der Waals surface area contributed by atoms with Gasteiger partial charge in [0.15, 0.2) is 0 Å². The van der Waals surface area contributed by atoms with Crippen LogP contribution in [0.4, 0.5) is 0 Å². The molecule has 0 bridgehead atoms. The van der Waals surface area contributed by atoms with Gasteiger partial charge in [-0.25, -0.2) is 4.98 Å². The van der Waals surface area contributed by atoms with E-state index in [1.54, 1.807) is 6.20 Å². The van der Waals surface area contributed by atoms with Crippen LogP contribution in [0.25, 0.3) is 5.69 Å². The van der Waals surface area contributed by atoms with Crippen molar-refractivity contribution in [3.63, 3.8) is 0 Å². The summed E-state index contributed by atoms with van der Waals surface area (Å²) in [6.45, 7) is 0. The van der Waals surface area contributed by atoms with Crippen molar-refractivity contribution in [1.82, 2.24) is 19.7 Å². The summed E-state index contributed by atoms with van der Waals surface area (Å²) in [6, 6.07) is 11.6. The third kappa shape index (κ3) is 3.74. The molecular formula is C22H23ClN4O2. The number of nitrogens with zero attached hydrogens (tertiary/aromatic N) is 4. The highest BCUT2D eigenvalue weighted by Gasteiger charge is 2.31. The number of ether oxygens (including phenoxy) is 1. The summed E-state index contributed by atoms with van der Waals surface area (Å²) in [7, 11) is 0. The lowest BCUT2D eigenvalue weighted by Gasteiger charge is -2.28. The summed E-state index contributed by atoms with van der Waals surface area (Å²) in [6.07, 6.45) is 6.42. The smallest absolute Gasteiger partial charge is 0.213 e. The molecule has 1 saturated carbocycles. The van der Waals surface area contributed by atoms with Crippen molar-refractivity contribution in [3.8, 4) is 11.6 Å². The average Bonchev–Trinajstić information content (AvgIpc) is 3.06. The summed E-state index contributed by atoms with van der Waals surface area (Å²) in [5.41, 5.74) is 2.07. The molecule has 0 saturated heterocycles. The summed E-state index contributed by atoms with van der Waals surface area (Å²) in [5, 5.41) is 20.1. The van der Waals surface area contributed by atoms with E-state index in [9.17, 15) is 5.11 Å². The lowest BCUT2D eigenvalue weighted by molar-refractivity contribution is 0.139. The topological polar surface area (TPSA) is 73.1 Å². The zero-order valence-electron chi connectivity index (χ0n) is 16.0. The molecule has 6 nitrogen and oxygen atoms in total. The number of hydrogen-bond acceptors (Lipinski definition) is 5. The number of halogens is 1. The summed E-state index contributed by atoms with van der Waals surface area (Å²) in [5.74, 6) is 2.81. The molecular weight excluding hydrogens is 388 g/mol. The van der Waals surface area contributed by atoms with E-state index in [4.69, 9.17) is 16.3 Å². The number of pyridine rings is 1. The number of benzene rings is 1. The van der Waals surface area contributed by atoms with Crippen LogP contribution < -0.4 is 4.74 Å². The zero-order valence-corrected chi connectivity index (χ0v) is 16.8. The van der Waals surface area contributed by atoms with Crippen molar-refractivity contribution >= 4 is 11.6 Å². The molecule has 1 aliphatic carbocycles. The number of hydrogen-bond donors (Lipinski definition) is 1. The fourth-order valence-corrected chi connectivity index (χ4v) is 4.68. The Labute approximate surface area is 174 Å². The molecule has 1 N–H and O–H groups in total. The molecule has 0 amide bonds. The molecule has 150 valence electrons. The van der Waals surface area contributed by atoms with Gasteiger partial charge < -0.3 is 9.84 Å². The zero-order chi connectivity index (χ0) is 19.8. The Morgan fingerprint density at radius 1 is 1.03 bits per heavy atom. The first-order valence-corrected chi connectivity index (χ1v) is 10.5. The van der Waals surface area contributed by atoms with Crippen molar-refractivity contribution in [2.75, 3.05) is 0 Å². The Bertz CT molecular complexity index is 999. The molecule has 5 rings (SSSR count). The Hall–Kier alpha value is -2.44. The molecule has 7 heteroatoms. The molecule has 1 aliphatic heterocycles. The van der Waals surface area contributed by atoms with Crippen molar-refractivity contribution in [2.45, 2.75) is 56.7 Å². The molecule has 29 heavy (non-hydrogen) atoms. The molecule has 3 aromatic rings. The second kappa shape index (κ2) is 7.76. The van der Waals surface area contributed by atoms with Gasteiger partial charge in [-0.15, -0.1) is 10.2 Å². The monoisotopic (exact) mass is 410 g/mol. The van der Waals surface area contributed by atoms with Gasteiger partial charge in [0, 0.05) is 36.0 Å². The minimum atomic E-state index is -0.479. The van der Waals surface area contributed by atoms with Gasteiger partial charge in [0.25, 0.3) is 0 Å². The van der Waals surface area contributed by atoms with Crippen LogP contribution in [0.1, 0.15) is 48.8 Å². The summed E-state index contributed by atoms with van der Waals surface area (Å²) >= 11 is 6.21. The third-order valence-electron chi connectivity index (χ3n) is 5.88. The SMILES string of the molecule is OC1Cc2cc(Cl)ccc2-n2c(nnc2C2CCC(Oc3ccccn3)CC2)C1. The maximum Gasteiger partial charge on any atom is 0.213 e. The molecule has 2 aromatic heterocycles. The number of rotatable bonds is 3. The maximum absolute atomic E-state index is 10.4. The lowest BCUT2D eigenvalue weighted by atomic mass is 9.86. The molecule has 1 atom stereocenters. The fourth-order valence-electron chi connectivity index (χ4n) is 4.49. The van der Waals surface area contributed by atoms with E-state index in [1.165, 1.54) is 0 Å². The van der Waals surface area contributed by atoms with Crippen LogP contribution in [-0.2, 0) is 12.8 Å². The fraction of sp³-hybridized carbons (Fsp3) is 0.409. The van der Waals surface area contributed by atoms with Crippen molar-refractivity contribution in [3.05, 3.63) is 64.8 Å². The highest BCUT2D eigenvalue weighted by atomic mass is 35.5. The lowest BCUT2D eigenvalue weighted by Crippen LogP contribution is -2.25. The van der Waals surface area contributed by atoms with Gasteiger partial charge in [-0.1, -0.05) is 17.7 Å². The predicted octanol–water partition coefficient (Wildman–Crippen LogP) is 3.88. The second-order valence-corrected chi connectivity index (χ2v) is 8.34. The third-order valence-corrected chi connectivity index (χ3v) is 6.11. The van der Waals surface area contributed by atoms with E-state index >= 15 is 0 Å². The Balaban J connectivity index is 1.38. The maximum atomic E-state index is 10.4. The van der Waals surface area contributed by atoms with Crippen molar-refractivity contribution < 1.29 is 9.84 Å². The highest BCUT2D eigenvalue weighted by molar-refractivity contribution is 6.30. The first kappa shape index (κ1) is 18.6. The van der Waals surface area contributed by atoms with Crippen LogP contribution in [0.5, 0.6) is 5.88 Å². The molecule has 0 radical (unpaired) electrons. The van der Waals surface area contributed by atoms with E-state index in [0.717, 1.165) is 48.6 Å². The van der Waals surface area contributed by atoms with E-state index in [0.29, 0.717) is 29.7 Å². The number of fused-ring (bicyclic) bond motifs is 3. The largest absolute Gasteiger partial charge is 0.474 e. The van der Waals surface area contributed by atoms with Gasteiger partial charge in [0.05, 0.1) is 11.8 Å². The normalized spacial score (nSPS) is 23.7. The molecule has 0 spiro atoms. The van der Waals surface area contributed by atoms with Crippen molar-refractivity contribution in [2.24, 2.45) is 0 Å².